The number of halogens is 1. The smallest absolute Gasteiger partial charge is 0.141 e. The van der Waals surface area contributed by atoms with E-state index in [0.29, 0.717) is 11.4 Å². The van der Waals surface area contributed by atoms with Gasteiger partial charge in [0.05, 0.1) is 12.8 Å². The van der Waals surface area contributed by atoms with Crippen molar-refractivity contribution >= 4 is 22.2 Å². The van der Waals surface area contributed by atoms with Crippen LogP contribution in [-0.4, -0.2) is 18.4 Å². The average Bonchev–Trinajstić information content (AvgIpc) is 2.08. The normalized spacial score (nSPS) is 9.50. The Morgan fingerprint density at radius 3 is 3.08 bits per heavy atom. The molecule has 1 rings (SSSR count). The van der Waals surface area contributed by atoms with E-state index in [1.165, 1.54) is 0 Å². The van der Waals surface area contributed by atoms with Gasteiger partial charge in [-0.3, -0.25) is 4.98 Å². The van der Waals surface area contributed by atoms with Crippen LogP contribution in [0.5, 0.6) is 5.75 Å². The lowest BCUT2D eigenvalue weighted by atomic mass is 10.2. The maximum atomic E-state index is 10.2. The van der Waals surface area contributed by atoms with E-state index >= 15 is 0 Å². The van der Waals surface area contributed by atoms with Crippen molar-refractivity contribution in [2.75, 3.05) is 7.11 Å². The molecule has 0 aliphatic rings. The molecule has 0 atom stereocenters. The van der Waals surface area contributed by atoms with Crippen LogP contribution in [0, 0.1) is 0 Å². The number of aldehydes is 1. The van der Waals surface area contributed by atoms with Crippen molar-refractivity contribution in [1.29, 1.82) is 0 Å². The van der Waals surface area contributed by atoms with Crippen molar-refractivity contribution in [2.24, 2.45) is 0 Å². The van der Waals surface area contributed by atoms with Crippen LogP contribution in [0.1, 0.15) is 5.69 Å². The second-order valence-electron chi connectivity index (χ2n) is 2.17. The van der Waals surface area contributed by atoms with Gasteiger partial charge in [0.2, 0.25) is 0 Å². The highest BCUT2D eigenvalue weighted by atomic mass is 79.9. The minimum absolute atomic E-state index is 0.288. The van der Waals surface area contributed by atoms with Crippen molar-refractivity contribution in [3.05, 3.63) is 22.4 Å². The second kappa shape index (κ2) is 4.21. The van der Waals surface area contributed by atoms with E-state index < -0.39 is 0 Å². The number of hydrogen-bond acceptors (Lipinski definition) is 3. The molecule has 1 aromatic rings. The molecule has 4 heteroatoms. The first kappa shape index (κ1) is 9.19. The fourth-order valence-corrected chi connectivity index (χ4v) is 1.17. The van der Waals surface area contributed by atoms with Crippen LogP contribution in [0.3, 0.4) is 0 Å². The van der Waals surface area contributed by atoms with Gasteiger partial charge >= 0.3 is 0 Å². The van der Waals surface area contributed by atoms with E-state index in [-0.39, 0.29) is 6.42 Å². The molecule has 0 unspecified atom stereocenters. The highest BCUT2D eigenvalue weighted by Gasteiger charge is 2.03. The SMILES string of the molecule is COc1cc(Br)cnc1CC=O. The molecule has 0 saturated heterocycles. The third kappa shape index (κ3) is 2.04. The van der Waals surface area contributed by atoms with Crippen LogP contribution in [0.25, 0.3) is 0 Å². The Kier molecular flexibility index (Phi) is 3.22. The molecule has 0 amide bonds. The molecule has 0 aliphatic heterocycles. The Bertz CT molecular complexity index is 288. The summed E-state index contributed by atoms with van der Waals surface area (Å²) in [5.74, 6) is 0.636. The molecule has 0 bridgehead atoms. The number of rotatable bonds is 3. The quantitative estimate of drug-likeness (QED) is 0.740. The fourth-order valence-electron chi connectivity index (χ4n) is 0.858. The monoisotopic (exact) mass is 229 g/mol. The first-order valence-electron chi connectivity index (χ1n) is 3.40. The lowest BCUT2D eigenvalue weighted by Crippen LogP contribution is -1.96. The Morgan fingerprint density at radius 2 is 2.50 bits per heavy atom. The summed E-state index contributed by atoms with van der Waals surface area (Å²) in [6.45, 7) is 0. The van der Waals surface area contributed by atoms with Crippen molar-refractivity contribution < 1.29 is 9.53 Å². The second-order valence-corrected chi connectivity index (χ2v) is 3.09. The number of carbonyl (C=O) groups excluding carboxylic acids is 1. The van der Waals surface area contributed by atoms with Crippen molar-refractivity contribution in [2.45, 2.75) is 6.42 Å². The molecular weight excluding hydrogens is 222 g/mol. The van der Waals surface area contributed by atoms with E-state index in [4.69, 9.17) is 4.74 Å². The van der Waals surface area contributed by atoms with Crippen molar-refractivity contribution in [1.82, 2.24) is 4.98 Å². The molecule has 0 aromatic carbocycles. The van der Waals surface area contributed by atoms with Gasteiger partial charge in [-0.05, 0) is 22.0 Å². The number of nitrogens with zero attached hydrogens (tertiary/aromatic N) is 1. The number of ether oxygens (including phenoxy) is 1. The molecule has 12 heavy (non-hydrogen) atoms. The predicted octanol–water partition coefficient (Wildman–Crippen LogP) is 1.59. The van der Waals surface area contributed by atoms with Crippen molar-refractivity contribution in [3.8, 4) is 5.75 Å². The van der Waals surface area contributed by atoms with Gasteiger partial charge in [0.25, 0.3) is 0 Å². The zero-order valence-corrected chi connectivity index (χ0v) is 8.17. The summed E-state index contributed by atoms with van der Waals surface area (Å²) < 4.78 is 5.87. The molecule has 1 heterocycles. The van der Waals surface area contributed by atoms with Crippen LogP contribution in [0.2, 0.25) is 0 Å². The van der Waals surface area contributed by atoms with E-state index in [0.717, 1.165) is 10.8 Å². The standard InChI is InChI=1S/C8H8BrNO2/c1-12-8-4-6(9)5-10-7(8)2-3-11/h3-5H,2H2,1H3. The van der Waals surface area contributed by atoms with E-state index in [2.05, 4.69) is 20.9 Å². The lowest BCUT2D eigenvalue weighted by Gasteiger charge is -2.04. The van der Waals surface area contributed by atoms with Crippen LogP contribution >= 0.6 is 15.9 Å². The summed E-state index contributed by atoms with van der Waals surface area (Å²) in [5, 5.41) is 0. The first-order valence-corrected chi connectivity index (χ1v) is 4.19. The van der Waals surface area contributed by atoms with Gasteiger partial charge in [-0.2, -0.15) is 0 Å². The summed E-state index contributed by atoms with van der Waals surface area (Å²) in [7, 11) is 1.55. The molecular formula is C8H8BrNO2. The van der Waals surface area contributed by atoms with Gasteiger partial charge in [0, 0.05) is 17.1 Å². The molecule has 1 aromatic heterocycles. The molecule has 0 spiro atoms. The maximum absolute atomic E-state index is 10.2. The van der Waals surface area contributed by atoms with Crippen LogP contribution in [0.4, 0.5) is 0 Å². The van der Waals surface area contributed by atoms with E-state index in [1.807, 2.05) is 0 Å². The largest absolute Gasteiger partial charge is 0.495 e. The Labute approximate surface area is 78.9 Å². The zero-order valence-electron chi connectivity index (χ0n) is 6.58. The van der Waals surface area contributed by atoms with Crippen LogP contribution in [0.15, 0.2) is 16.7 Å². The van der Waals surface area contributed by atoms with Gasteiger partial charge in [-0.15, -0.1) is 0 Å². The predicted molar refractivity (Wildman–Crippen MR) is 48.3 cm³/mol. The molecule has 3 nitrogen and oxygen atoms in total. The van der Waals surface area contributed by atoms with Crippen LogP contribution in [-0.2, 0) is 11.2 Å². The van der Waals surface area contributed by atoms with E-state index in [9.17, 15) is 4.79 Å². The third-order valence-corrected chi connectivity index (χ3v) is 1.83. The summed E-state index contributed by atoms with van der Waals surface area (Å²) in [6.07, 6.45) is 2.73. The van der Waals surface area contributed by atoms with Crippen LogP contribution < -0.4 is 4.74 Å². The van der Waals surface area contributed by atoms with Gasteiger partial charge in [0.1, 0.15) is 12.0 Å². The Hall–Kier alpha value is -0.900. The lowest BCUT2D eigenvalue weighted by molar-refractivity contribution is -0.107. The highest BCUT2D eigenvalue weighted by Crippen LogP contribution is 2.20. The molecule has 0 saturated carbocycles. The maximum Gasteiger partial charge on any atom is 0.141 e. The zero-order chi connectivity index (χ0) is 8.97. The fraction of sp³-hybridized carbons (Fsp3) is 0.250. The molecule has 64 valence electrons. The highest BCUT2D eigenvalue weighted by molar-refractivity contribution is 9.10. The number of carbonyl (C=O) groups is 1. The van der Waals surface area contributed by atoms with Gasteiger partial charge in [0.15, 0.2) is 0 Å². The number of methoxy groups -OCH3 is 1. The minimum atomic E-state index is 0.288. The van der Waals surface area contributed by atoms with Gasteiger partial charge < -0.3 is 9.53 Å². The van der Waals surface area contributed by atoms with E-state index in [1.54, 1.807) is 19.4 Å². The Balaban J connectivity index is 3.01. The number of hydrogen-bond donors (Lipinski definition) is 0. The minimum Gasteiger partial charge on any atom is -0.495 e. The summed E-state index contributed by atoms with van der Waals surface area (Å²) in [4.78, 5) is 14.3. The topological polar surface area (TPSA) is 39.2 Å². The summed E-state index contributed by atoms with van der Waals surface area (Å²) in [5.41, 5.74) is 0.663. The molecule has 0 radical (unpaired) electrons. The molecule has 0 aliphatic carbocycles. The molecule has 0 N–H and O–H groups in total. The summed E-state index contributed by atoms with van der Waals surface area (Å²) in [6, 6.07) is 1.78. The van der Waals surface area contributed by atoms with Gasteiger partial charge in [-0.25, -0.2) is 0 Å². The van der Waals surface area contributed by atoms with Gasteiger partial charge in [-0.1, -0.05) is 0 Å². The first-order chi connectivity index (χ1) is 5.77. The third-order valence-electron chi connectivity index (χ3n) is 1.39. The number of aromatic nitrogens is 1. The Morgan fingerprint density at radius 1 is 1.75 bits per heavy atom. The molecule has 0 fully saturated rings. The number of pyridine rings is 1. The van der Waals surface area contributed by atoms with Crippen molar-refractivity contribution in [3.63, 3.8) is 0 Å². The summed E-state index contributed by atoms with van der Waals surface area (Å²) >= 11 is 3.26. The average molecular weight is 230 g/mol.